The van der Waals surface area contributed by atoms with Crippen molar-refractivity contribution >= 4 is 22.6 Å². The molecule has 1 fully saturated rings. The molecule has 25 heavy (non-hydrogen) atoms. The number of carbonyl (C=O) groups is 1. The average Bonchev–Trinajstić information content (AvgIpc) is 2.60. The summed E-state index contributed by atoms with van der Waals surface area (Å²) in [7, 11) is 1.38. The molecule has 0 spiro atoms. The van der Waals surface area contributed by atoms with E-state index < -0.39 is 0 Å². The van der Waals surface area contributed by atoms with Gasteiger partial charge in [0.25, 0.3) is 0 Å². The maximum atomic E-state index is 13.9. The molecule has 2 unspecified atom stereocenters. The van der Waals surface area contributed by atoms with Gasteiger partial charge in [-0.3, -0.25) is 9.78 Å². The third-order valence-electron chi connectivity index (χ3n) is 5.24. The zero-order valence-corrected chi connectivity index (χ0v) is 15.1. The van der Waals surface area contributed by atoms with Crippen molar-refractivity contribution < 1.29 is 13.9 Å². The molecule has 1 N–H and O–H groups in total. The van der Waals surface area contributed by atoms with E-state index in [4.69, 9.17) is 4.74 Å². The maximum absolute atomic E-state index is 13.9. The molecule has 134 valence electrons. The van der Waals surface area contributed by atoms with Gasteiger partial charge in [0.2, 0.25) is 0 Å². The Kier molecular flexibility index (Phi) is 5.21. The molecular weight excluding hydrogens is 319 g/mol. The van der Waals surface area contributed by atoms with Crippen molar-refractivity contribution in [3.8, 4) is 0 Å². The summed E-state index contributed by atoms with van der Waals surface area (Å²) in [6.45, 7) is 4.13. The number of nitrogens with one attached hydrogen (secondary N) is 1. The Bertz CT molecular complexity index is 791. The number of carbonyl (C=O) groups excluding carboxylic acids is 1. The molecule has 1 aromatic carbocycles. The lowest BCUT2D eigenvalue weighted by Gasteiger charge is -2.32. The minimum atomic E-state index is -0.319. The van der Waals surface area contributed by atoms with E-state index in [2.05, 4.69) is 17.2 Å². The van der Waals surface area contributed by atoms with Gasteiger partial charge in [-0.15, -0.1) is 0 Å². The van der Waals surface area contributed by atoms with Gasteiger partial charge in [-0.2, -0.15) is 0 Å². The molecule has 1 saturated carbocycles. The van der Waals surface area contributed by atoms with Crippen LogP contribution in [0.3, 0.4) is 0 Å². The number of nitrogens with zero attached hydrogens (tertiary/aromatic N) is 1. The number of aryl methyl sites for hydroxylation is 1. The number of aromatic nitrogens is 1. The number of hydrogen-bond donors (Lipinski definition) is 1. The Morgan fingerprint density at radius 3 is 2.84 bits per heavy atom. The SMILES string of the molecule is COC(=O)Cc1c(C)nc2ccc(F)cc2c1NC1CCCCC1C. The molecule has 2 aromatic rings. The van der Waals surface area contributed by atoms with Crippen molar-refractivity contribution in [3.05, 3.63) is 35.3 Å². The summed E-state index contributed by atoms with van der Waals surface area (Å²) in [5, 5.41) is 4.35. The minimum absolute atomic E-state index is 0.130. The second kappa shape index (κ2) is 7.38. The normalized spacial score (nSPS) is 20.5. The van der Waals surface area contributed by atoms with E-state index in [1.165, 1.54) is 38.5 Å². The van der Waals surface area contributed by atoms with Crippen molar-refractivity contribution in [2.24, 2.45) is 5.92 Å². The maximum Gasteiger partial charge on any atom is 0.310 e. The number of halogens is 1. The van der Waals surface area contributed by atoms with Gasteiger partial charge in [-0.1, -0.05) is 19.8 Å². The highest BCUT2D eigenvalue weighted by molar-refractivity contribution is 5.95. The topological polar surface area (TPSA) is 51.2 Å². The van der Waals surface area contributed by atoms with Gasteiger partial charge in [0, 0.05) is 28.4 Å². The molecule has 0 bridgehead atoms. The minimum Gasteiger partial charge on any atom is -0.469 e. The van der Waals surface area contributed by atoms with Crippen LogP contribution in [0.2, 0.25) is 0 Å². The van der Waals surface area contributed by atoms with Gasteiger partial charge in [0.1, 0.15) is 5.82 Å². The van der Waals surface area contributed by atoms with Gasteiger partial charge in [-0.05, 0) is 43.9 Å². The second-order valence-corrected chi connectivity index (χ2v) is 6.98. The van der Waals surface area contributed by atoms with Crippen LogP contribution in [0.1, 0.15) is 43.9 Å². The van der Waals surface area contributed by atoms with Crippen LogP contribution in [0.15, 0.2) is 18.2 Å². The number of methoxy groups -OCH3 is 1. The molecule has 0 amide bonds. The third-order valence-corrected chi connectivity index (χ3v) is 5.24. The quantitative estimate of drug-likeness (QED) is 0.836. The molecule has 5 heteroatoms. The fourth-order valence-corrected chi connectivity index (χ4v) is 3.71. The molecule has 0 aliphatic heterocycles. The first kappa shape index (κ1) is 17.6. The highest BCUT2D eigenvalue weighted by Gasteiger charge is 2.24. The number of hydrogen-bond acceptors (Lipinski definition) is 4. The molecule has 4 nitrogen and oxygen atoms in total. The monoisotopic (exact) mass is 344 g/mol. The zero-order chi connectivity index (χ0) is 18.0. The Labute approximate surface area is 147 Å². The molecule has 0 saturated heterocycles. The fourth-order valence-electron chi connectivity index (χ4n) is 3.71. The van der Waals surface area contributed by atoms with Crippen molar-refractivity contribution in [1.82, 2.24) is 4.98 Å². The summed E-state index contributed by atoms with van der Waals surface area (Å²) in [4.78, 5) is 16.5. The number of benzene rings is 1. The zero-order valence-electron chi connectivity index (χ0n) is 15.1. The van der Waals surface area contributed by atoms with E-state index in [1.807, 2.05) is 6.92 Å². The Balaban J connectivity index is 2.11. The number of rotatable bonds is 4. The Morgan fingerprint density at radius 2 is 2.12 bits per heavy atom. The molecule has 2 atom stereocenters. The first-order chi connectivity index (χ1) is 12.0. The van der Waals surface area contributed by atoms with Crippen molar-refractivity contribution in [3.63, 3.8) is 0 Å². The van der Waals surface area contributed by atoms with Gasteiger partial charge in [-0.25, -0.2) is 4.39 Å². The first-order valence-corrected chi connectivity index (χ1v) is 8.91. The lowest BCUT2D eigenvalue weighted by molar-refractivity contribution is -0.139. The van der Waals surface area contributed by atoms with Crippen LogP contribution in [-0.2, 0) is 16.0 Å². The van der Waals surface area contributed by atoms with E-state index in [0.29, 0.717) is 12.0 Å². The van der Waals surface area contributed by atoms with E-state index >= 15 is 0 Å². The highest BCUT2D eigenvalue weighted by atomic mass is 19.1. The number of ether oxygens (including phenoxy) is 1. The van der Waals surface area contributed by atoms with Crippen molar-refractivity contribution in [1.29, 1.82) is 0 Å². The van der Waals surface area contributed by atoms with Gasteiger partial charge in [0.05, 0.1) is 19.0 Å². The average molecular weight is 344 g/mol. The Hall–Kier alpha value is -2.17. The molecular formula is C20H25FN2O2. The van der Waals surface area contributed by atoms with E-state index in [1.54, 1.807) is 6.07 Å². The predicted octanol–water partition coefficient (Wildman–Crippen LogP) is 4.39. The summed E-state index contributed by atoms with van der Waals surface area (Å²) < 4.78 is 18.7. The van der Waals surface area contributed by atoms with Gasteiger partial charge < -0.3 is 10.1 Å². The molecule has 1 aliphatic carbocycles. The van der Waals surface area contributed by atoms with Crippen molar-refractivity contribution in [2.45, 2.75) is 52.0 Å². The number of anilines is 1. The third kappa shape index (κ3) is 3.75. The van der Waals surface area contributed by atoms with Gasteiger partial charge >= 0.3 is 5.97 Å². The van der Waals surface area contributed by atoms with Crippen LogP contribution in [-0.4, -0.2) is 24.1 Å². The van der Waals surface area contributed by atoms with Crippen LogP contribution in [0.4, 0.5) is 10.1 Å². The molecule has 1 heterocycles. The van der Waals surface area contributed by atoms with Crippen LogP contribution < -0.4 is 5.32 Å². The predicted molar refractivity (Wildman–Crippen MR) is 97.2 cm³/mol. The van der Waals surface area contributed by atoms with Crippen molar-refractivity contribution in [2.75, 3.05) is 12.4 Å². The summed E-state index contributed by atoms with van der Waals surface area (Å²) in [6, 6.07) is 4.92. The molecule has 1 aliphatic rings. The lowest BCUT2D eigenvalue weighted by Crippen LogP contribution is -2.31. The second-order valence-electron chi connectivity index (χ2n) is 6.98. The highest BCUT2D eigenvalue weighted by Crippen LogP contribution is 2.34. The number of pyridine rings is 1. The Morgan fingerprint density at radius 1 is 1.36 bits per heavy atom. The standard InChI is InChI=1S/C20H25FN2O2/c1-12-6-4-5-7-17(12)23-20-15(11-19(24)25-3)13(2)22-18-9-8-14(21)10-16(18)20/h8-10,12,17H,4-7,11H2,1-3H3,(H,22,23). The number of esters is 1. The fraction of sp³-hybridized carbons (Fsp3) is 0.500. The largest absolute Gasteiger partial charge is 0.469 e. The van der Waals surface area contributed by atoms with Crippen LogP contribution in [0, 0.1) is 18.7 Å². The first-order valence-electron chi connectivity index (χ1n) is 8.91. The van der Waals surface area contributed by atoms with E-state index in [0.717, 1.165) is 34.3 Å². The van der Waals surface area contributed by atoms with Crippen LogP contribution in [0.25, 0.3) is 10.9 Å². The molecule has 1 aromatic heterocycles. The summed E-state index contributed by atoms with van der Waals surface area (Å²) >= 11 is 0. The van der Waals surface area contributed by atoms with E-state index in [-0.39, 0.29) is 18.2 Å². The summed E-state index contributed by atoms with van der Waals surface area (Å²) in [5.41, 5.74) is 3.13. The van der Waals surface area contributed by atoms with Crippen LogP contribution >= 0.6 is 0 Å². The molecule has 0 radical (unpaired) electrons. The lowest BCUT2D eigenvalue weighted by atomic mass is 9.85. The summed E-state index contributed by atoms with van der Waals surface area (Å²) in [5.74, 6) is -0.0842. The molecule has 3 rings (SSSR count). The summed E-state index contributed by atoms with van der Waals surface area (Å²) in [6.07, 6.45) is 4.83. The van der Waals surface area contributed by atoms with Gasteiger partial charge in [0.15, 0.2) is 0 Å². The number of fused-ring (bicyclic) bond motifs is 1. The van der Waals surface area contributed by atoms with Crippen LogP contribution in [0.5, 0.6) is 0 Å². The smallest absolute Gasteiger partial charge is 0.310 e. The van der Waals surface area contributed by atoms with E-state index in [9.17, 15) is 9.18 Å².